The van der Waals surface area contributed by atoms with Crippen LogP contribution in [0.25, 0.3) is 0 Å². The second kappa shape index (κ2) is 11.8. The van der Waals surface area contributed by atoms with Crippen LogP contribution >= 0.6 is 0 Å². The van der Waals surface area contributed by atoms with E-state index in [4.69, 9.17) is 18.9 Å². The van der Waals surface area contributed by atoms with Gasteiger partial charge in [0, 0.05) is 0 Å². The van der Waals surface area contributed by atoms with Gasteiger partial charge in [0.2, 0.25) is 6.29 Å². The predicted molar refractivity (Wildman–Crippen MR) is 137 cm³/mol. The Hall–Kier alpha value is -5.12. The first-order chi connectivity index (χ1) is 19.8. The fourth-order valence-corrected chi connectivity index (χ4v) is 4.04. The third-order valence-electron chi connectivity index (χ3n) is 6.28. The molecule has 9 N–H and O–H groups in total. The number of carbonyl (C=O) groups is 2. The Morgan fingerprint density at radius 1 is 0.762 bits per heavy atom. The number of phenols is 7. The molecule has 0 spiro atoms. The van der Waals surface area contributed by atoms with E-state index in [1.165, 1.54) is 18.2 Å². The number of hydrogen-bond acceptors (Lipinski definition) is 15. The highest BCUT2D eigenvalue weighted by atomic mass is 16.7. The maximum atomic E-state index is 12.8. The minimum atomic E-state index is -1.87. The number of benzene rings is 3. The molecule has 3 aromatic carbocycles. The Morgan fingerprint density at radius 3 is 1.81 bits per heavy atom. The van der Waals surface area contributed by atoms with E-state index < -0.39 is 89.3 Å². The first-order valence-electron chi connectivity index (χ1n) is 12.1. The minimum Gasteiger partial charge on any atom is -0.508 e. The molecule has 224 valence electrons. The number of rotatable bonds is 7. The second-order valence-electron chi connectivity index (χ2n) is 9.29. The van der Waals surface area contributed by atoms with Gasteiger partial charge in [0.1, 0.15) is 30.3 Å². The molecule has 0 unspecified atom stereocenters. The lowest BCUT2D eigenvalue weighted by Gasteiger charge is -2.41. The maximum Gasteiger partial charge on any atom is 0.338 e. The fourth-order valence-electron chi connectivity index (χ4n) is 4.04. The number of aliphatic hydroxyl groups excluding tert-OH is 2. The van der Waals surface area contributed by atoms with Crippen LogP contribution < -0.4 is 4.74 Å². The number of carbonyl (C=O) groups excluding carboxylic acids is 2. The molecule has 1 aliphatic heterocycles. The molecule has 1 fully saturated rings. The molecule has 1 saturated heterocycles. The largest absolute Gasteiger partial charge is 0.508 e. The van der Waals surface area contributed by atoms with Crippen LogP contribution in [0.5, 0.6) is 46.0 Å². The van der Waals surface area contributed by atoms with E-state index in [2.05, 4.69) is 0 Å². The average Bonchev–Trinajstić information content (AvgIpc) is 2.93. The highest BCUT2D eigenvalue weighted by Crippen LogP contribution is 2.37. The van der Waals surface area contributed by atoms with E-state index in [-0.39, 0.29) is 17.1 Å². The van der Waals surface area contributed by atoms with Crippen molar-refractivity contribution < 1.29 is 74.5 Å². The van der Waals surface area contributed by atoms with E-state index in [1.54, 1.807) is 6.92 Å². The van der Waals surface area contributed by atoms with Crippen molar-refractivity contribution in [2.45, 2.75) is 37.6 Å². The van der Waals surface area contributed by atoms with E-state index >= 15 is 0 Å². The van der Waals surface area contributed by atoms with Crippen molar-refractivity contribution in [2.24, 2.45) is 0 Å². The Labute approximate surface area is 236 Å². The van der Waals surface area contributed by atoms with Gasteiger partial charge in [-0.25, -0.2) is 9.59 Å². The molecular weight excluding hydrogens is 564 g/mol. The smallest absolute Gasteiger partial charge is 0.338 e. The molecule has 3 aromatic rings. The van der Waals surface area contributed by atoms with Crippen LogP contribution in [0, 0.1) is 6.92 Å². The van der Waals surface area contributed by atoms with Crippen LogP contribution in [0.1, 0.15) is 26.3 Å². The molecule has 42 heavy (non-hydrogen) atoms. The Kier molecular flexibility index (Phi) is 8.37. The average molecular weight is 590 g/mol. The third-order valence-corrected chi connectivity index (χ3v) is 6.28. The summed E-state index contributed by atoms with van der Waals surface area (Å²) in [4.78, 5) is 25.4. The van der Waals surface area contributed by atoms with Gasteiger partial charge >= 0.3 is 11.9 Å². The summed E-state index contributed by atoms with van der Waals surface area (Å²) in [5, 5.41) is 89.4. The molecule has 0 amide bonds. The van der Waals surface area contributed by atoms with Crippen LogP contribution in [-0.4, -0.2) is 95.2 Å². The highest BCUT2D eigenvalue weighted by molar-refractivity contribution is 5.91. The van der Waals surface area contributed by atoms with Gasteiger partial charge in [-0.15, -0.1) is 0 Å². The zero-order valence-corrected chi connectivity index (χ0v) is 21.6. The summed E-state index contributed by atoms with van der Waals surface area (Å²) >= 11 is 0. The zero-order chi connectivity index (χ0) is 30.9. The van der Waals surface area contributed by atoms with Gasteiger partial charge in [-0.05, 0) is 55.0 Å². The summed E-state index contributed by atoms with van der Waals surface area (Å²) in [6, 6.07) is 7.15. The molecule has 5 atom stereocenters. The van der Waals surface area contributed by atoms with E-state index in [0.717, 1.165) is 24.3 Å². The SMILES string of the molecule is Cc1cc(O)ccc1O[C@@H]1O[C@H](COC(=O)c2cc(O)c(O)c(O)c2)[C@@H](O)[C@H](OC(=O)c2cc(O)c(O)c(O)c2)[C@H]1O. The van der Waals surface area contributed by atoms with Crippen LogP contribution in [0.3, 0.4) is 0 Å². The predicted octanol–water partition coefficient (Wildman–Crippen LogP) is 0.842. The first-order valence-corrected chi connectivity index (χ1v) is 12.1. The Bertz CT molecular complexity index is 1460. The summed E-state index contributed by atoms with van der Waals surface area (Å²) in [5.41, 5.74) is -0.429. The summed E-state index contributed by atoms with van der Waals surface area (Å²) in [5.74, 6) is -7.42. The number of aromatic hydroxyl groups is 7. The molecule has 15 nitrogen and oxygen atoms in total. The molecular formula is C27H26O15. The van der Waals surface area contributed by atoms with Crippen molar-refractivity contribution in [3.63, 3.8) is 0 Å². The van der Waals surface area contributed by atoms with Gasteiger partial charge in [0.05, 0.1) is 11.1 Å². The monoisotopic (exact) mass is 590 g/mol. The van der Waals surface area contributed by atoms with Crippen molar-refractivity contribution in [3.05, 3.63) is 59.2 Å². The minimum absolute atomic E-state index is 0.0799. The zero-order valence-electron chi connectivity index (χ0n) is 21.6. The lowest BCUT2D eigenvalue weighted by molar-refractivity contribution is -0.276. The quantitative estimate of drug-likeness (QED) is 0.136. The van der Waals surface area contributed by atoms with Crippen molar-refractivity contribution in [2.75, 3.05) is 6.61 Å². The summed E-state index contributed by atoms with van der Waals surface area (Å²) in [6.45, 7) is 0.834. The molecule has 0 aromatic heterocycles. The van der Waals surface area contributed by atoms with Gasteiger partial charge in [-0.2, -0.15) is 0 Å². The van der Waals surface area contributed by atoms with Gasteiger partial charge in [-0.3, -0.25) is 0 Å². The van der Waals surface area contributed by atoms with E-state index in [0.29, 0.717) is 5.56 Å². The number of phenolic OH excluding ortho intramolecular Hbond substituents is 7. The lowest BCUT2D eigenvalue weighted by Crippen LogP contribution is -2.61. The van der Waals surface area contributed by atoms with Crippen LogP contribution in [0.15, 0.2) is 42.5 Å². The summed E-state index contributed by atoms with van der Waals surface area (Å²) in [6.07, 6.45) is -8.70. The normalized spacial score (nSPS) is 21.8. The van der Waals surface area contributed by atoms with Crippen LogP contribution in [0.2, 0.25) is 0 Å². The Morgan fingerprint density at radius 2 is 1.29 bits per heavy atom. The number of hydrogen-bond donors (Lipinski definition) is 9. The van der Waals surface area contributed by atoms with Gasteiger partial charge in [0.15, 0.2) is 46.7 Å². The third kappa shape index (κ3) is 6.12. The van der Waals surface area contributed by atoms with Crippen molar-refractivity contribution in [3.8, 4) is 46.0 Å². The molecule has 15 heteroatoms. The molecule has 0 saturated carbocycles. The molecule has 4 rings (SSSR count). The van der Waals surface area contributed by atoms with E-state index in [9.17, 15) is 55.5 Å². The number of aryl methyl sites for hydroxylation is 1. The van der Waals surface area contributed by atoms with Crippen molar-refractivity contribution in [1.82, 2.24) is 0 Å². The standard InChI is InChI=1S/C27H26O15/c1-10-4-13(28)2-3-18(10)40-27-23(36)24(42-26(38)12-7-16(31)21(34)17(32)8-12)22(35)19(41-27)9-39-25(37)11-5-14(29)20(33)15(30)6-11/h2-8,19,22-24,27-36H,9H2,1H3/t19-,22-,23-,24+,27-/m1/s1. The topological polar surface area (TPSA) is 253 Å². The summed E-state index contributed by atoms with van der Waals surface area (Å²) in [7, 11) is 0. The number of aliphatic hydroxyl groups is 2. The van der Waals surface area contributed by atoms with Gasteiger partial charge < -0.3 is 64.9 Å². The van der Waals surface area contributed by atoms with Gasteiger partial charge in [0.25, 0.3) is 0 Å². The summed E-state index contributed by atoms with van der Waals surface area (Å²) < 4.78 is 21.7. The van der Waals surface area contributed by atoms with Crippen molar-refractivity contribution >= 4 is 11.9 Å². The molecule has 0 aliphatic carbocycles. The second-order valence-corrected chi connectivity index (χ2v) is 9.29. The van der Waals surface area contributed by atoms with Crippen LogP contribution in [0.4, 0.5) is 0 Å². The highest BCUT2D eigenvalue weighted by Gasteiger charge is 2.49. The lowest BCUT2D eigenvalue weighted by atomic mass is 9.98. The Balaban J connectivity index is 1.58. The van der Waals surface area contributed by atoms with Crippen molar-refractivity contribution in [1.29, 1.82) is 0 Å². The number of ether oxygens (including phenoxy) is 4. The molecule has 1 aliphatic rings. The van der Waals surface area contributed by atoms with E-state index in [1.807, 2.05) is 0 Å². The molecule has 1 heterocycles. The fraction of sp³-hybridized carbons (Fsp3) is 0.259. The number of esters is 2. The maximum absolute atomic E-state index is 12.8. The molecule has 0 radical (unpaired) electrons. The van der Waals surface area contributed by atoms with Crippen LogP contribution in [-0.2, 0) is 14.2 Å². The first kappa shape index (κ1) is 29.9. The van der Waals surface area contributed by atoms with Gasteiger partial charge in [-0.1, -0.05) is 0 Å². The molecule has 0 bridgehead atoms.